The maximum Gasteiger partial charge on any atom is 0.257 e. The highest BCUT2D eigenvalue weighted by molar-refractivity contribution is 9.10. The molecule has 0 spiro atoms. The van der Waals surface area contributed by atoms with Gasteiger partial charge in [-0.15, -0.1) is 0 Å². The van der Waals surface area contributed by atoms with E-state index in [-0.39, 0.29) is 17.4 Å². The molecule has 4 rings (SSSR count). The number of carbonyl (C=O) groups excluding carboxylic acids is 2. The van der Waals surface area contributed by atoms with Gasteiger partial charge >= 0.3 is 0 Å². The van der Waals surface area contributed by atoms with E-state index in [0.717, 1.165) is 10.2 Å². The first-order chi connectivity index (χ1) is 14.0. The first-order valence-electron chi connectivity index (χ1n) is 9.09. The van der Waals surface area contributed by atoms with E-state index in [2.05, 4.69) is 26.0 Å². The lowest BCUT2D eigenvalue weighted by Gasteiger charge is -2.34. The van der Waals surface area contributed by atoms with Crippen LogP contribution in [-0.2, 0) is 0 Å². The molecular weight excluding hydrogens is 438 g/mol. The molecule has 0 unspecified atom stereocenters. The van der Waals surface area contributed by atoms with E-state index < -0.39 is 0 Å². The minimum absolute atomic E-state index is 0.107. The standard InChI is InChI=1S/C20H18BrN5O3/c21-16-2-4-17(5-3-16)26-13-15(12-23-26)20(29)25-9-7-24(8-10-25)19(28)14-1-6-18(27)22-11-14/h1-6,11-13H,7-10H2,(H,22,27). The Balaban J connectivity index is 1.39. The number of aromatic nitrogens is 3. The van der Waals surface area contributed by atoms with Gasteiger partial charge in [-0.3, -0.25) is 14.4 Å². The summed E-state index contributed by atoms with van der Waals surface area (Å²) >= 11 is 3.40. The van der Waals surface area contributed by atoms with Crippen LogP contribution in [-0.4, -0.2) is 62.6 Å². The van der Waals surface area contributed by atoms with Gasteiger partial charge in [0.05, 0.1) is 23.0 Å². The average Bonchev–Trinajstić information content (AvgIpc) is 3.24. The van der Waals surface area contributed by atoms with Crippen molar-refractivity contribution in [1.29, 1.82) is 0 Å². The number of carbonyl (C=O) groups is 2. The fourth-order valence-electron chi connectivity index (χ4n) is 3.19. The fourth-order valence-corrected chi connectivity index (χ4v) is 3.45. The summed E-state index contributed by atoms with van der Waals surface area (Å²) in [7, 11) is 0. The van der Waals surface area contributed by atoms with Gasteiger partial charge in [-0.25, -0.2) is 4.68 Å². The number of hydrogen-bond donors (Lipinski definition) is 1. The number of amides is 2. The predicted molar refractivity (Wildman–Crippen MR) is 110 cm³/mol. The van der Waals surface area contributed by atoms with Crippen molar-refractivity contribution in [3.63, 3.8) is 0 Å². The first kappa shape index (κ1) is 19.1. The molecule has 2 amide bonds. The number of nitrogens with one attached hydrogen (secondary N) is 1. The Hall–Kier alpha value is -3.20. The van der Waals surface area contributed by atoms with Crippen molar-refractivity contribution in [3.8, 4) is 5.69 Å². The van der Waals surface area contributed by atoms with Gasteiger partial charge in [0.15, 0.2) is 0 Å². The Morgan fingerprint density at radius 3 is 2.10 bits per heavy atom. The number of H-pyrrole nitrogens is 1. The van der Waals surface area contributed by atoms with E-state index >= 15 is 0 Å². The van der Waals surface area contributed by atoms with Crippen molar-refractivity contribution >= 4 is 27.7 Å². The lowest BCUT2D eigenvalue weighted by molar-refractivity contribution is 0.0535. The molecule has 1 fully saturated rings. The maximum atomic E-state index is 12.8. The van der Waals surface area contributed by atoms with Gasteiger partial charge in [-0.1, -0.05) is 15.9 Å². The number of benzene rings is 1. The van der Waals surface area contributed by atoms with Crippen molar-refractivity contribution < 1.29 is 9.59 Å². The Kier molecular flexibility index (Phi) is 5.30. The second kappa shape index (κ2) is 8.04. The van der Waals surface area contributed by atoms with Crippen LogP contribution in [0.3, 0.4) is 0 Å². The average molecular weight is 456 g/mol. The molecule has 3 heterocycles. The SMILES string of the molecule is O=C(c1ccc(=O)[nH]c1)N1CCN(C(=O)c2cnn(-c3ccc(Br)cc3)c2)CC1. The van der Waals surface area contributed by atoms with Crippen LogP contribution in [0.5, 0.6) is 0 Å². The van der Waals surface area contributed by atoms with Crippen molar-refractivity contribution in [2.75, 3.05) is 26.2 Å². The van der Waals surface area contributed by atoms with Gasteiger partial charge in [0.25, 0.3) is 11.8 Å². The summed E-state index contributed by atoms with van der Waals surface area (Å²) < 4.78 is 2.63. The van der Waals surface area contributed by atoms with Crippen LogP contribution in [0, 0.1) is 0 Å². The van der Waals surface area contributed by atoms with Crippen molar-refractivity contribution in [2.45, 2.75) is 0 Å². The van der Waals surface area contributed by atoms with Gasteiger partial charge in [-0.05, 0) is 30.3 Å². The molecule has 0 radical (unpaired) electrons. The van der Waals surface area contributed by atoms with Gasteiger partial charge in [0.2, 0.25) is 5.56 Å². The molecule has 1 saturated heterocycles. The third kappa shape index (κ3) is 4.14. The minimum atomic E-state index is -0.249. The van der Waals surface area contributed by atoms with Crippen LogP contribution in [0.15, 0.2) is 64.3 Å². The number of halogens is 1. The van der Waals surface area contributed by atoms with Crippen molar-refractivity contribution in [2.24, 2.45) is 0 Å². The smallest absolute Gasteiger partial charge is 0.257 e. The topological polar surface area (TPSA) is 91.3 Å². The van der Waals surface area contributed by atoms with Crippen molar-refractivity contribution in [3.05, 3.63) is 80.9 Å². The van der Waals surface area contributed by atoms with E-state index in [1.54, 1.807) is 26.9 Å². The predicted octanol–water partition coefficient (Wildman–Crippen LogP) is 1.92. The van der Waals surface area contributed by atoms with Gasteiger partial charge in [-0.2, -0.15) is 5.10 Å². The molecule has 2 aromatic heterocycles. The summed E-state index contributed by atoms with van der Waals surface area (Å²) in [5, 5.41) is 4.28. The highest BCUT2D eigenvalue weighted by Crippen LogP contribution is 2.16. The summed E-state index contributed by atoms with van der Waals surface area (Å²) in [5.41, 5.74) is 1.55. The number of aromatic amines is 1. The third-order valence-corrected chi connectivity index (χ3v) is 5.33. The van der Waals surface area contributed by atoms with Gasteiger partial charge in [0.1, 0.15) is 0 Å². The van der Waals surface area contributed by atoms with Gasteiger partial charge < -0.3 is 14.8 Å². The maximum absolute atomic E-state index is 12.8. The molecule has 9 heteroatoms. The highest BCUT2D eigenvalue weighted by Gasteiger charge is 2.26. The van der Waals surface area contributed by atoms with Crippen LogP contribution >= 0.6 is 15.9 Å². The minimum Gasteiger partial charge on any atom is -0.335 e. The Morgan fingerprint density at radius 2 is 1.52 bits per heavy atom. The molecule has 0 atom stereocenters. The lowest BCUT2D eigenvalue weighted by atomic mass is 10.2. The fraction of sp³-hybridized carbons (Fsp3) is 0.200. The first-order valence-corrected chi connectivity index (χ1v) is 9.88. The molecule has 0 aliphatic carbocycles. The summed E-state index contributed by atoms with van der Waals surface area (Å²) in [6.45, 7) is 1.75. The normalized spacial score (nSPS) is 14.1. The zero-order valence-electron chi connectivity index (χ0n) is 15.4. The Labute approximate surface area is 174 Å². The van der Waals surface area contributed by atoms with E-state index in [0.29, 0.717) is 37.3 Å². The second-order valence-electron chi connectivity index (χ2n) is 6.68. The molecule has 1 aromatic carbocycles. The number of nitrogens with zero attached hydrogens (tertiary/aromatic N) is 4. The van der Waals surface area contributed by atoms with E-state index in [1.807, 2.05) is 24.3 Å². The largest absolute Gasteiger partial charge is 0.335 e. The summed E-state index contributed by atoms with van der Waals surface area (Å²) in [6.07, 6.45) is 4.68. The summed E-state index contributed by atoms with van der Waals surface area (Å²) in [6, 6.07) is 10.5. The highest BCUT2D eigenvalue weighted by atomic mass is 79.9. The number of pyridine rings is 1. The summed E-state index contributed by atoms with van der Waals surface area (Å²) in [4.78, 5) is 42.4. The molecule has 3 aromatic rings. The molecule has 8 nitrogen and oxygen atoms in total. The van der Waals surface area contributed by atoms with Crippen LogP contribution in [0.4, 0.5) is 0 Å². The monoisotopic (exact) mass is 455 g/mol. The van der Waals surface area contributed by atoms with Crippen LogP contribution < -0.4 is 5.56 Å². The van der Waals surface area contributed by atoms with E-state index in [4.69, 9.17) is 0 Å². The molecule has 0 saturated carbocycles. The number of piperazine rings is 1. The zero-order chi connectivity index (χ0) is 20.4. The molecule has 148 valence electrons. The number of hydrogen-bond acceptors (Lipinski definition) is 4. The molecule has 1 aliphatic heterocycles. The molecule has 29 heavy (non-hydrogen) atoms. The lowest BCUT2D eigenvalue weighted by Crippen LogP contribution is -2.50. The third-order valence-electron chi connectivity index (χ3n) is 4.81. The number of rotatable bonds is 3. The Bertz CT molecular complexity index is 1080. The Morgan fingerprint density at radius 1 is 0.897 bits per heavy atom. The van der Waals surface area contributed by atoms with E-state index in [1.165, 1.54) is 18.3 Å². The van der Waals surface area contributed by atoms with Crippen LogP contribution in [0.2, 0.25) is 0 Å². The van der Waals surface area contributed by atoms with Crippen LogP contribution in [0.1, 0.15) is 20.7 Å². The van der Waals surface area contributed by atoms with Crippen LogP contribution in [0.25, 0.3) is 5.69 Å². The summed E-state index contributed by atoms with van der Waals surface area (Å²) in [5.74, 6) is -0.263. The molecule has 1 aliphatic rings. The van der Waals surface area contributed by atoms with Crippen molar-refractivity contribution in [1.82, 2.24) is 24.6 Å². The molecular formula is C20H18BrN5O3. The zero-order valence-corrected chi connectivity index (χ0v) is 17.0. The quantitative estimate of drug-likeness (QED) is 0.652. The van der Waals surface area contributed by atoms with E-state index in [9.17, 15) is 14.4 Å². The second-order valence-corrected chi connectivity index (χ2v) is 7.59. The molecule has 1 N–H and O–H groups in total. The molecule has 0 bridgehead atoms. The van der Waals surface area contributed by atoms with Gasteiger partial charge in [0, 0.05) is 49.1 Å².